The topological polar surface area (TPSA) is 40.5 Å². The fourth-order valence-corrected chi connectivity index (χ4v) is 2.62. The van der Waals surface area contributed by atoms with Crippen LogP contribution in [0.1, 0.15) is 17.4 Å². The Balaban J connectivity index is 2.03. The second-order valence-electron chi connectivity index (χ2n) is 4.29. The maximum absolute atomic E-state index is 12.2. The van der Waals surface area contributed by atoms with Crippen LogP contribution in [0.4, 0.5) is 0 Å². The van der Waals surface area contributed by atoms with Crippen molar-refractivity contribution in [3.63, 3.8) is 0 Å². The highest BCUT2D eigenvalue weighted by atomic mass is 32.1. The molecule has 0 aliphatic carbocycles. The molecule has 0 radical (unpaired) electrons. The van der Waals surface area contributed by atoms with Gasteiger partial charge in [0.05, 0.1) is 13.0 Å². The van der Waals surface area contributed by atoms with E-state index in [1.807, 2.05) is 30.5 Å². The van der Waals surface area contributed by atoms with Gasteiger partial charge in [-0.25, -0.2) is 0 Å². The number of amides is 1. The summed E-state index contributed by atoms with van der Waals surface area (Å²) in [5, 5.41) is 11.7. The molecule has 0 spiro atoms. The van der Waals surface area contributed by atoms with Gasteiger partial charge in [0.1, 0.15) is 5.75 Å². The van der Waals surface area contributed by atoms with E-state index in [4.69, 9.17) is 0 Å². The van der Waals surface area contributed by atoms with Crippen molar-refractivity contribution >= 4 is 17.2 Å². The number of para-hydroxylation sites is 1. The largest absolute Gasteiger partial charge is 0.508 e. The lowest BCUT2D eigenvalue weighted by Crippen LogP contribution is -2.31. The maximum Gasteiger partial charge on any atom is 0.227 e. The molecule has 1 heterocycles. The first kappa shape index (κ1) is 13.6. The summed E-state index contributed by atoms with van der Waals surface area (Å²) in [5.74, 6) is 0.223. The van der Waals surface area contributed by atoms with Crippen LogP contribution >= 0.6 is 11.3 Å². The molecule has 0 unspecified atom stereocenters. The minimum Gasteiger partial charge on any atom is -0.508 e. The number of likely N-dealkylation sites (N-methyl/N-ethyl adjacent to an activating group) is 1. The SMILES string of the molecule is CCN(Cc1cccs1)C(=O)Cc1ccccc1O. The zero-order valence-electron chi connectivity index (χ0n) is 10.9. The third-order valence-corrected chi connectivity index (χ3v) is 3.86. The van der Waals surface area contributed by atoms with Gasteiger partial charge in [-0.3, -0.25) is 4.79 Å². The number of thiophene rings is 1. The average Bonchev–Trinajstić information content (AvgIpc) is 2.91. The number of aromatic hydroxyl groups is 1. The van der Waals surface area contributed by atoms with Crippen LogP contribution in [0, 0.1) is 0 Å². The molecule has 100 valence electrons. The summed E-state index contributed by atoms with van der Waals surface area (Å²) >= 11 is 1.65. The molecule has 19 heavy (non-hydrogen) atoms. The van der Waals surface area contributed by atoms with Crippen molar-refractivity contribution < 1.29 is 9.90 Å². The van der Waals surface area contributed by atoms with Crippen LogP contribution in [0.15, 0.2) is 41.8 Å². The van der Waals surface area contributed by atoms with Crippen molar-refractivity contribution in [2.45, 2.75) is 19.9 Å². The van der Waals surface area contributed by atoms with Gasteiger partial charge >= 0.3 is 0 Å². The Morgan fingerprint density at radius 1 is 1.26 bits per heavy atom. The lowest BCUT2D eigenvalue weighted by molar-refractivity contribution is -0.130. The summed E-state index contributed by atoms with van der Waals surface area (Å²) in [6.45, 7) is 3.28. The summed E-state index contributed by atoms with van der Waals surface area (Å²) in [6.07, 6.45) is 0.242. The molecule has 0 fully saturated rings. The Morgan fingerprint density at radius 3 is 2.68 bits per heavy atom. The van der Waals surface area contributed by atoms with Crippen LogP contribution in [0.2, 0.25) is 0 Å². The molecule has 0 atom stereocenters. The highest BCUT2D eigenvalue weighted by molar-refractivity contribution is 7.09. The number of carbonyl (C=O) groups is 1. The molecular weight excluding hydrogens is 258 g/mol. The number of phenolic OH excluding ortho intramolecular Hbond substituents is 1. The van der Waals surface area contributed by atoms with E-state index in [0.717, 1.165) is 0 Å². The van der Waals surface area contributed by atoms with Crippen LogP contribution < -0.4 is 0 Å². The molecule has 4 heteroatoms. The van der Waals surface area contributed by atoms with Crippen LogP contribution in [0.3, 0.4) is 0 Å². The Hall–Kier alpha value is -1.81. The predicted molar refractivity (Wildman–Crippen MR) is 77.2 cm³/mol. The van der Waals surface area contributed by atoms with Gasteiger partial charge in [-0.2, -0.15) is 0 Å². The second-order valence-corrected chi connectivity index (χ2v) is 5.33. The highest BCUT2D eigenvalue weighted by Gasteiger charge is 2.14. The number of hydrogen-bond acceptors (Lipinski definition) is 3. The zero-order valence-corrected chi connectivity index (χ0v) is 11.7. The third kappa shape index (κ3) is 3.58. The molecule has 3 nitrogen and oxygen atoms in total. The van der Waals surface area contributed by atoms with Gasteiger partial charge in [-0.05, 0) is 24.4 Å². The van der Waals surface area contributed by atoms with E-state index in [1.54, 1.807) is 34.4 Å². The van der Waals surface area contributed by atoms with Crippen LogP contribution in [-0.4, -0.2) is 22.5 Å². The molecule has 0 aliphatic rings. The lowest BCUT2D eigenvalue weighted by atomic mass is 10.1. The Bertz CT molecular complexity index is 537. The van der Waals surface area contributed by atoms with Crippen molar-refractivity contribution in [2.75, 3.05) is 6.54 Å². The number of carbonyl (C=O) groups excluding carboxylic acids is 1. The zero-order chi connectivity index (χ0) is 13.7. The maximum atomic E-state index is 12.2. The van der Waals surface area contributed by atoms with Gasteiger partial charge in [0.2, 0.25) is 5.91 Å². The van der Waals surface area contributed by atoms with Gasteiger partial charge in [0.25, 0.3) is 0 Å². The van der Waals surface area contributed by atoms with Crippen molar-refractivity contribution in [3.8, 4) is 5.75 Å². The van der Waals surface area contributed by atoms with E-state index in [1.165, 1.54) is 4.88 Å². The second kappa shape index (κ2) is 6.38. The molecule has 0 bridgehead atoms. The smallest absolute Gasteiger partial charge is 0.227 e. The van der Waals surface area contributed by atoms with E-state index in [-0.39, 0.29) is 18.1 Å². The Labute approximate surface area is 117 Å². The van der Waals surface area contributed by atoms with E-state index in [0.29, 0.717) is 18.7 Å². The highest BCUT2D eigenvalue weighted by Crippen LogP contribution is 2.18. The molecule has 1 aromatic carbocycles. The molecule has 0 saturated heterocycles. The molecule has 0 saturated carbocycles. The number of rotatable bonds is 5. The molecule has 1 N–H and O–H groups in total. The first-order chi connectivity index (χ1) is 9.20. The normalized spacial score (nSPS) is 10.4. The number of nitrogens with zero attached hydrogens (tertiary/aromatic N) is 1. The van der Waals surface area contributed by atoms with Crippen LogP contribution in [0.5, 0.6) is 5.75 Å². The average molecular weight is 275 g/mol. The summed E-state index contributed by atoms with van der Waals surface area (Å²) in [6, 6.07) is 11.0. The van der Waals surface area contributed by atoms with E-state index in [9.17, 15) is 9.90 Å². The Morgan fingerprint density at radius 2 is 2.05 bits per heavy atom. The standard InChI is InChI=1S/C15H17NO2S/c1-2-16(11-13-7-5-9-19-13)15(18)10-12-6-3-4-8-14(12)17/h3-9,17H,2,10-11H2,1H3. The van der Waals surface area contributed by atoms with Gasteiger partial charge in [-0.15, -0.1) is 11.3 Å². The molecular formula is C15H17NO2S. The lowest BCUT2D eigenvalue weighted by Gasteiger charge is -2.20. The van der Waals surface area contributed by atoms with Crippen molar-refractivity contribution in [1.82, 2.24) is 4.90 Å². The summed E-state index contributed by atoms with van der Waals surface area (Å²) < 4.78 is 0. The minimum atomic E-state index is 0.0393. The van der Waals surface area contributed by atoms with Crippen LogP contribution in [-0.2, 0) is 17.8 Å². The fourth-order valence-electron chi connectivity index (χ4n) is 1.90. The molecule has 0 aliphatic heterocycles. The third-order valence-electron chi connectivity index (χ3n) is 2.99. The van der Waals surface area contributed by atoms with Gasteiger partial charge < -0.3 is 10.0 Å². The quantitative estimate of drug-likeness (QED) is 0.911. The van der Waals surface area contributed by atoms with Gasteiger partial charge in [-0.1, -0.05) is 24.3 Å². The van der Waals surface area contributed by atoms with Crippen LogP contribution in [0.25, 0.3) is 0 Å². The predicted octanol–water partition coefficient (Wildman–Crippen LogP) is 3.04. The molecule has 1 amide bonds. The number of hydrogen-bond donors (Lipinski definition) is 1. The van der Waals surface area contributed by atoms with Crippen molar-refractivity contribution in [1.29, 1.82) is 0 Å². The first-order valence-electron chi connectivity index (χ1n) is 6.27. The van der Waals surface area contributed by atoms with E-state index in [2.05, 4.69) is 0 Å². The Kier molecular flexibility index (Phi) is 4.58. The minimum absolute atomic E-state index is 0.0393. The summed E-state index contributed by atoms with van der Waals surface area (Å²) in [4.78, 5) is 15.2. The monoisotopic (exact) mass is 275 g/mol. The van der Waals surface area contributed by atoms with Gasteiger partial charge in [0, 0.05) is 17.0 Å². The van der Waals surface area contributed by atoms with E-state index >= 15 is 0 Å². The number of benzene rings is 1. The number of phenols is 1. The molecule has 2 aromatic rings. The fraction of sp³-hybridized carbons (Fsp3) is 0.267. The molecule has 1 aromatic heterocycles. The first-order valence-corrected chi connectivity index (χ1v) is 7.15. The van der Waals surface area contributed by atoms with Crippen molar-refractivity contribution in [2.24, 2.45) is 0 Å². The summed E-state index contributed by atoms with van der Waals surface area (Å²) in [7, 11) is 0. The summed E-state index contributed by atoms with van der Waals surface area (Å²) in [5.41, 5.74) is 0.678. The van der Waals surface area contributed by atoms with Gasteiger partial charge in [0.15, 0.2) is 0 Å². The molecule has 2 rings (SSSR count). The van der Waals surface area contributed by atoms with E-state index < -0.39 is 0 Å². The van der Waals surface area contributed by atoms with Crippen molar-refractivity contribution in [3.05, 3.63) is 52.2 Å².